The second-order valence-electron chi connectivity index (χ2n) is 6.07. The largest absolute Gasteiger partial charge is 0.481 e. The normalized spacial score (nSPS) is 21.9. The molecule has 4 nitrogen and oxygen atoms in total. The van der Waals surface area contributed by atoms with E-state index in [2.05, 4.69) is 28.9 Å². The molecule has 3 rings (SSSR count). The topological polar surface area (TPSA) is 53.4 Å². The fraction of sp³-hybridized carbons (Fsp3) is 0.412. The monoisotopic (exact) mass is 284 g/mol. The number of carbonyl (C=O) groups is 1. The molecule has 0 spiro atoms. The van der Waals surface area contributed by atoms with E-state index in [4.69, 9.17) is 0 Å². The van der Waals surface area contributed by atoms with Crippen LogP contribution >= 0.6 is 0 Å². The third-order valence-corrected chi connectivity index (χ3v) is 4.52. The van der Waals surface area contributed by atoms with Crippen molar-refractivity contribution in [2.24, 2.45) is 5.41 Å². The highest BCUT2D eigenvalue weighted by Crippen LogP contribution is 2.36. The summed E-state index contributed by atoms with van der Waals surface area (Å²) in [7, 11) is 0. The summed E-state index contributed by atoms with van der Waals surface area (Å²) in [4.78, 5) is 18.0. The Hall–Kier alpha value is -2.10. The maximum absolute atomic E-state index is 11.4. The van der Waals surface area contributed by atoms with E-state index in [0.29, 0.717) is 13.0 Å². The van der Waals surface area contributed by atoms with E-state index in [-0.39, 0.29) is 0 Å². The minimum atomic E-state index is -0.711. The summed E-state index contributed by atoms with van der Waals surface area (Å²) in [5.74, 6) is -0.711. The number of anilines is 1. The molecule has 21 heavy (non-hydrogen) atoms. The average Bonchev–Trinajstić information content (AvgIpc) is 2.90. The quantitative estimate of drug-likeness (QED) is 0.941. The number of fused-ring (bicyclic) bond motifs is 1. The molecular formula is C17H20N2O2. The molecule has 0 bridgehead atoms. The van der Waals surface area contributed by atoms with Crippen molar-refractivity contribution in [1.29, 1.82) is 0 Å². The van der Waals surface area contributed by atoms with Gasteiger partial charge in [-0.3, -0.25) is 9.78 Å². The van der Waals surface area contributed by atoms with Crippen molar-refractivity contribution in [3.63, 3.8) is 0 Å². The number of aliphatic carboxylic acids is 1. The van der Waals surface area contributed by atoms with Crippen molar-refractivity contribution in [3.05, 3.63) is 36.0 Å². The van der Waals surface area contributed by atoms with Crippen molar-refractivity contribution >= 4 is 22.6 Å². The lowest BCUT2D eigenvalue weighted by Crippen LogP contribution is -2.31. The Morgan fingerprint density at radius 3 is 2.90 bits per heavy atom. The van der Waals surface area contributed by atoms with Crippen LogP contribution in [0.5, 0.6) is 0 Å². The number of aryl methyl sites for hydroxylation is 1. The molecular weight excluding hydrogens is 264 g/mol. The highest BCUT2D eigenvalue weighted by Gasteiger charge is 2.40. The van der Waals surface area contributed by atoms with Gasteiger partial charge in [0.2, 0.25) is 0 Å². The highest BCUT2D eigenvalue weighted by atomic mass is 16.4. The first-order chi connectivity index (χ1) is 10.0. The van der Waals surface area contributed by atoms with Gasteiger partial charge in [0.15, 0.2) is 0 Å². The number of hydrogen-bond donors (Lipinski definition) is 1. The number of aromatic nitrogens is 1. The van der Waals surface area contributed by atoms with Gasteiger partial charge < -0.3 is 10.0 Å². The molecule has 110 valence electrons. The SMILES string of the molecule is CCc1ccc2nccc(N3CCC(C)(C(=O)O)C3)c2c1. The summed E-state index contributed by atoms with van der Waals surface area (Å²) in [6.45, 7) is 5.29. The van der Waals surface area contributed by atoms with Gasteiger partial charge in [-0.05, 0) is 43.5 Å². The summed E-state index contributed by atoms with van der Waals surface area (Å²) >= 11 is 0. The number of carboxylic acids is 1. The van der Waals surface area contributed by atoms with Crippen LogP contribution in [0.1, 0.15) is 25.8 Å². The van der Waals surface area contributed by atoms with Crippen LogP contribution in [0.15, 0.2) is 30.5 Å². The van der Waals surface area contributed by atoms with Gasteiger partial charge in [0.1, 0.15) is 0 Å². The van der Waals surface area contributed by atoms with Crippen molar-refractivity contribution in [2.45, 2.75) is 26.7 Å². The molecule has 1 aromatic carbocycles. The average molecular weight is 284 g/mol. The third-order valence-electron chi connectivity index (χ3n) is 4.52. The molecule has 0 radical (unpaired) electrons. The standard InChI is InChI=1S/C17H20N2O2/c1-3-12-4-5-14-13(10-12)15(6-8-18-14)19-9-7-17(2,11-19)16(20)21/h4-6,8,10H,3,7,9,11H2,1-2H3,(H,20,21). The minimum absolute atomic E-state index is 0.553. The lowest BCUT2D eigenvalue weighted by atomic mass is 9.90. The van der Waals surface area contributed by atoms with Crippen molar-refractivity contribution in [1.82, 2.24) is 4.98 Å². The number of hydrogen-bond acceptors (Lipinski definition) is 3. The van der Waals surface area contributed by atoms with Crippen molar-refractivity contribution in [2.75, 3.05) is 18.0 Å². The molecule has 1 aliphatic rings. The van der Waals surface area contributed by atoms with Crippen molar-refractivity contribution in [3.8, 4) is 0 Å². The van der Waals surface area contributed by atoms with Gasteiger partial charge in [0.05, 0.1) is 10.9 Å². The number of benzene rings is 1. The zero-order chi connectivity index (χ0) is 15.0. The zero-order valence-corrected chi connectivity index (χ0v) is 12.5. The van der Waals surface area contributed by atoms with Crippen LogP contribution in [0, 0.1) is 5.41 Å². The molecule has 1 unspecified atom stereocenters. The number of rotatable bonds is 3. The van der Waals surface area contributed by atoms with E-state index in [1.54, 1.807) is 6.20 Å². The van der Waals surface area contributed by atoms with Gasteiger partial charge in [0.25, 0.3) is 0 Å². The van der Waals surface area contributed by atoms with Crippen LogP contribution in [0.4, 0.5) is 5.69 Å². The minimum Gasteiger partial charge on any atom is -0.481 e. The lowest BCUT2D eigenvalue weighted by molar-refractivity contribution is -0.146. The van der Waals surface area contributed by atoms with Crippen LogP contribution in [0.25, 0.3) is 10.9 Å². The zero-order valence-electron chi connectivity index (χ0n) is 12.5. The molecule has 2 aromatic rings. The molecule has 1 saturated heterocycles. The summed E-state index contributed by atoms with van der Waals surface area (Å²) < 4.78 is 0. The first-order valence-electron chi connectivity index (χ1n) is 7.39. The Morgan fingerprint density at radius 2 is 2.24 bits per heavy atom. The Balaban J connectivity index is 2.03. The molecule has 1 fully saturated rings. The van der Waals surface area contributed by atoms with Crippen LogP contribution in [0.2, 0.25) is 0 Å². The molecule has 0 aliphatic carbocycles. The van der Waals surface area contributed by atoms with Crippen LogP contribution in [-0.2, 0) is 11.2 Å². The van der Waals surface area contributed by atoms with E-state index < -0.39 is 11.4 Å². The van der Waals surface area contributed by atoms with E-state index in [0.717, 1.165) is 29.6 Å². The van der Waals surface area contributed by atoms with E-state index in [1.807, 2.05) is 19.1 Å². The van der Waals surface area contributed by atoms with Gasteiger partial charge in [-0.1, -0.05) is 13.0 Å². The third kappa shape index (κ3) is 2.35. The predicted molar refractivity (Wildman–Crippen MR) is 83.7 cm³/mol. The first kappa shape index (κ1) is 13.9. The molecule has 1 atom stereocenters. The van der Waals surface area contributed by atoms with E-state index in [9.17, 15) is 9.90 Å². The summed E-state index contributed by atoms with van der Waals surface area (Å²) in [6.07, 6.45) is 3.47. The fourth-order valence-electron chi connectivity index (χ4n) is 3.02. The molecule has 2 heterocycles. The van der Waals surface area contributed by atoms with E-state index in [1.165, 1.54) is 5.56 Å². The fourth-order valence-corrected chi connectivity index (χ4v) is 3.02. The number of carboxylic acid groups (broad SMARTS) is 1. The molecule has 1 aromatic heterocycles. The molecule has 1 N–H and O–H groups in total. The summed E-state index contributed by atoms with van der Waals surface area (Å²) in [5.41, 5.74) is 2.68. The maximum Gasteiger partial charge on any atom is 0.311 e. The maximum atomic E-state index is 11.4. The van der Waals surface area contributed by atoms with Gasteiger partial charge in [-0.15, -0.1) is 0 Å². The Bertz CT molecular complexity index is 698. The Kier molecular flexibility index (Phi) is 3.32. The van der Waals surface area contributed by atoms with E-state index >= 15 is 0 Å². The van der Waals surface area contributed by atoms with Gasteiger partial charge in [0, 0.05) is 30.4 Å². The molecule has 4 heteroatoms. The van der Waals surface area contributed by atoms with Gasteiger partial charge in [-0.2, -0.15) is 0 Å². The highest BCUT2D eigenvalue weighted by molar-refractivity contribution is 5.92. The Labute approximate surface area is 124 Å². The van der Waals surface area contributed by atoms with Gasteiger partial charge >= 0.3 is 5.97 Å². The van der Waals surface area contributed by atoms with Crippen LogP contribution in [-0.4, -0.2) is 29.1 Å². The predicted octanol–water partition coefficient (Wildman–Crippen LogP) is 3.10. The second-order valence-corrected chi connectivity index (χ2v) is 6.07. The molecule has 1 aliphatic heterocycles. The van der Waals surface area contributed by atoms with Crippen LogP contribution < -0.4 is 4.90 Å². The smallest absolute Gasteiger partial charge is 0.311 e. The molecule has 0 amide bonds. The second kappa shape index (κ2) is 5.02. The van der Waals surface area contributed by atoms with Crippen molar-refractivity contribution < 1.29 is 9.90 Å². The van der Waals surface area contributed by atoms with Crippen LogP contribution in [0.3, 0.4) is 0 Å². The Morgan fingerprint density at radius 1 is 1.43 bits per heavy atom. The van der Waals surface area contributed by atoms with Gasteiger partial charge in [-0.25, -0.2) is 0 Å². The first-order valence-corrected chi connectivity index (χ1v) is 7.39. The lowest BCUT2D eigenvalue weighted by Gasteiger charge is -2.23. The summed E-state index contributed by atoms with van der Waals surface area (Å²) in [5, 5.41) is 10.5. The number of pyridine rings is 1. The summed E-state index contributed by atoms with van der Waals surface area (Å²) in [6, 6.07) is 8.32. The number of nitrogens with zero attached hydrogens (tertiary/aromatic N) is 2. The molecule has 0 saturated carbocycles.